The first-order valence-electron chi connectivity index (χ1n) is 5.09. The van der Waals surface area contributed by atoms with Gasteiger partial charge in [0.25, 0.3) is 0 Å². The highest BCUT2D eigenvalue weighted by atomic mass is 79.9. The average Bonchev–Trinajstić information content (AvgIpc) is 2.11. The first-order chi connectivity index (χ1) is 6.31. The van der Waals surface area contributed by atoms with Gasteiger partial charge in [-0.15, -0.1) is 0 Å². The number of hydrogen-bond acceptors (Lipinski definition) is 2. The molecule has 1 unspecified atom stereocenters. The Bertz CT molecular complexity index is 101. The van der Waals surface area contributed by atoms with Crippen LogP contribution in [0, 0.1) is 0 Å². The number of methoxy groups -OCH3 is 1. The second-order valence-electron chi connectivity index (χ2n) is 3.41. The minimum atomic E-state index is 0.487. The normalized spacial score (nSPS) is 13.2. The Morgan fingerprint density at radius 2 is 1.92 bits per heavy atom. The molecule has 0 amide bonds. The van der Waals surface area contributed by atoms with E-state index in [2.05, 4.69) is 28.2 Å². The van der Waals surface area contributed by atoms with Gasteiger partial charge >= 0.3 is 0 Å². The molecule has 0 spiro atoms. The van der Waals surface area contributed by atoms with E-state index in [0.29, 0.717) is 6.04 Å². The fourth-order valence-corrected chi connectivity index (χ4v) is 1.63. The zero-order valence-electron chi connectivity index (χ0n) is 8.81. The van der Waals surface area contributed by atoms with Gasteiger partial charge in [0.2, 0.25) is 0 Å². The number of nitrogens with one attached hydrogen (secondary N) is 1. The highest BCUT2D eigenvalue weighted by molar-refractivity contribution is 9.09. The summed E-state index contributed by atoms with van der Waals surface area (Å²) in [5.41, 5.74) is 0. The summed E-state index contributed by atoms with van der Waals surface area (Å²) in [5, 5.41) is 4.56. The van der Waals surface area contributed by atoms with Crippen LogP contribution in [0.3, 0.4) is 0 Å². The monoisotopic (exact) mass is 251 g/mol. The molecule has 0 aromatic rings. The van der Waals surface area contributed by atoms with Crippen molar-refractivity contribution in [3.63, 3.8) is 0 Å². The molecule has 80 valence electrons. The summed E-state index contributed by atoms with van der Waals surface area (Å²) in [7, 11) is 1.74. The van der Waals surface area contributed by atoms with Crippen molar-refractivity contribution in [1.82, 2.24) is 5.32 Å². The molecule has 3 heteroatoms. The first-order valence-corrected chi connectivity index (χ1v) is 6.21. The molecule has 0 bridgehead atoms. The number of alkyl halides is 1. The van der Waals surface area contributed by atoms with Gasteiger partial charge in [-0.2, -0.15) is 0 Å². The summed E-state index contributed by atoms with van der Waals surface area (Å²) < 4.78 is 5.03. The molecule has 0 saturated carbocycles. The van der Waals surface area contributed by atoms with Crippen LogP contribution in [0.5, 0.6) is 0 Å². The van der Waals surface area contributed by atoms with Gasteiger partial charge < -0.3 is 10.1 Å². The van der Waals surface area contributed by atoms with Gasteiger partial charge in [0.15, 0.2) is 0 Å². The van der Waals surface area contributed by atoms with Crippen molar-refractivity contribution < 1.29 is 4.74 Å². The van der Waals surface area contributed by atoms with Crippen LogP contribution in [0.2, 0.25) is 0 Å². The van der Waals surface area contributed by atoms with E-state index in [9.17, 15) is 0 Å². The van der Waals surface area contributed by atoms with Gasteiger partial charge in [0.1, 0.15) is 0 Å². The molecule has 2 nitrogen and oxygen atoms in total. The second-order valence-corrected chi connectivity index (χ2v) is 4.21. The predicted octanol–water partition coefficient (Wildman–Crippen LogP) is 2.57. The van der Waals surface area contributed by atoms with Crippen molar-refractivity contribution in [2.45, 2.75) is 38.6 Å². The zero-order chi connectivity index (χ0) is 9.94. The van der Waals surface area contributed by atoms with Crippen LogP contribution < -0.4 is 5.32 Å². The van der Waals surface area contributed by atoms with Gasteiger partial charge in [-0.1, -0.05) is 28.8 Å². The maximum Gasteiger partial charge on any atom is 0.0613 e. The predicted molar refractivity (Wildman–Crippen MR) is 61.6 cm³/mol. The van der Waals surface area contributed by atoms with E-state index in [-0.39, 0.29) is 0 Å². The van der Waals surface area contributed by atoms with E-state index < -0.39 is 0 Å². The Hall–Kier alpha value is 0.400. The molecule has 0 aliphatic carbocycles. The van der Waals surface area contributed by atoms with Crippen LogP contribution in [-0.2, 0) is 4.74 Å². The molecule has 0 fully saturated rings. The van der Waals surface area contributed by atoms with Crippen molar-refractivity contribution in [1.29, 1.82) is 0 Å². The molecule has 1 N–H and O–H groups in total. The molecule has 1 atom stereocenters. The van der Waals surface area contributed by atoms with Crippen LogP contribution in [0.15, 0.2) is 0 Å². The van der Waals surface area contributed by atoms with E-state index in [1.54, 1.807) is 7.11 Å². The first kappa shape index (κ1) is 13.4. The van der Waals surface area contributed by atoms with E-state index in [1.807, 2.05) is 0 Å². The Morgan fingerprint density at radius 1 is 1.23 bits per heavy atom. The molecule has 13 heavy (non-hydrogen) atoms. The van der Waals surface area contributed by atoms with E-state index in [1.165, 1.54) is 25.7 Å². The third-order valence-corrected chi connectivity index (χ3v) is 2.53. The number of ether oxygens (including phenoxy) is 1. The molecular formula is C10H22BrNO. The van der Waals surface area contributed by atoms with Crippen LogP contribution in [0.1, 0.15) is 32.6 Å². The molecule has 0 aliphatic heterocycles. The van der Waals surface area contributed by atoms with Gasteiger partial charge in [-0.3, -0.25) is 0 Å². The highest BCUT2D eigenvalue weighted by Crippen LogP contribution is 2.01. The fraction of sp³-hybridized carbons (Fsp3) is 1.00. The minimum Gasteiger partial charge on any atom is -0.383 e. The fourth-order valence-electron chi connectivity index (χ4n) is 1.23. The number of unbranched alkanes of at least 4 members (excludes halogenated alkanes) is 3. The molecule has 0 saturated heterocycles. The largest absolute Gasteiger partial charge is 0.383 e. The Labute approximate surface area is 90.6 Å². The van der Waals surface area contributed by atoms with Crippen molar-refractivity contribution in [2.24, 2.45) is 0 Å². The topological polar surface area (TPSA) is 21.3 Å². The quantitative estimate of drug-likeness (QED) is 0.503. The lowest BCUT2D eigenvalue weighted by molar-refractivity contribution is 0.172. The van der Waals surface area contributed by atoms with Gasteiger partial charge in [0, 0.05) is 18.5 Å². The number of hydrogen-bond donors (Lipinski definition) is 1. The van der Waals surface area contributed by atoms with Crippen molar-refractivity contribution >= 4 is 15.9 Å². The lowest BCUT2D eigenvalue weighted by atomic mass is 10.2. The SMILES string of the molecule is COCC(C)NCCCCCCBr. The van der Waals surface area contributed by atoms with Crippen molar-refractivity contribution in [3.05, 3.63) is 0 Å². The molecule has 0 rings (SSSR count). The molecular weight excluding hydrogens is 230 g/mol. The zero-order valence-corrected chi connectivity index (χ0v) is 10.4. The lowest BCUT2D eigenvalue weighted by Gasteiger charge is -2.11. The third-order valence-electron chi connectivity index (χ3n) is 1.97. The maximum atomic E-state index is 5.03. The van der Waals surface area contributed by atoms with Crippen molar-refractivity contribution in [2.75, 3.05) is 25.6 Å². The van der Waals surface area contributed by atoms with Gasteiger partial charge in [0.05, 0.1) is 6.61 Å². The minimum absolute atomic E-state index is 0.487. The highest BCUT2D eigenvalue weighted by Gasteiger charge is 1.98. The van der Waals surface area contributed by atoms with Crippen LogP contribution in [0.4, 0.5) is 0 Å². The lowest BCUT2D eigenvalue weighted by Crippen LogP contribution is -2.30. The van der Waals surface area contributed by atoms with Crippen LogP contribution >= 0.6 is 15.9 Å². The smallest absolute Gasteiger partial charge is 0.0613 e. The second kappa shape index (κ2) is 10.5. The Balaban J connectivity index is 2.97. The summed E-state index contributed by atoms with van der Waals surface area (Å²) in [6.45, 7) is 4.08. The Kier molecular flexibility index (Phi) is 10.8. The summed E-state index contributed by atoms with van der Waals surface area (Å²) >= 11 is 3.43. The van der Waals surface area contributed by atoms with E-state index in [4.69, 9.17) is 4.74 Å². The summed E-state index contributed by atoms with van der Waals surface area (Å²) in [5.74, 6) is 0. The molecule has 0 radical (unpaired) electrons. The van der Waals surface area contributed by atoms with Gasteiger partial charge in [-0.25, -0.2) is 0 Å². The molecule has 0 aliphatic rings. The van der Waals surface area contributed by atoms with Gasteiger partial charge in [-0.05, 0) is 26.3 Å². The van der Waals surface area contributed by atoms with Crippen LogP contribution in [-0.4, -0.2) is 31.6 Å². The average molecular weight is 252 g/mol. The molecule has 0 aromatic heterocycles. The summed E-state index contributed by atoms with van der Waals surface area (Å²) in [6.07, 6.45) is 5.25. The maximum absolute atomic E-state index is 5.03. The molecule has 0 aromatic carbocycles. The Morgan fingerprint density at radius 3 is 2.54 bits per heavy atom. The van der Waals surface area contributed by atoms with Crippen LogP contribution in [0.25, 0.3) is 0 Å². The standard InChI is InChI=1S/C10H22BrNO/c1-10(9-13-2)12-8-6-4-3-5-7-11/h10,12H,3-9H2,1-2H3. The third kappa shape index (κ3) is 10.3. The summed E-state index contributed by atoms with van der Waals surface area (Å²) in [4.78, 5) is 0. The van der Waals surface area contributed by atoms with E-state index >= 15 is 0 Å². The number of rotatable bonds is 9. The summed E-state index contributed by atoms with van der Waals surface area (Å²) in [6, 6.07) is 0.487. The van der Waals surface area contributed by atoms with E-state index in [0.717, 1.165) is 18.5 Å². The molecule has 0 heterocycles. The van der Waals surface area contributed by atoms with Crippen molar-refractivity contribution in [3.8, 4) is 0 Å². The number of halogens is 1.